The van der Waals surface area contributed by atoms with Crippen LogP contribution in [-0.4, -0.2) is 16.1 Å². The van der Waals surface area contributed by atoms with Crippen molar-refractivity contribution >= 4 is 17.9 Å². The lowest BCUT2D eigenvalue weighted by Gasteiger charge is -2.04. The number of benzene rings is 1. The lowest BCUT2D eigenvalue weighted by molar-refractivity contribution is 0.112. The van der Waals surface area contributed by atoms with Crippen molar-refractivity contribution in [2.75, 3.05) is 0 Å². The van der Waals surface area contributed by atoms with Crippen LogP contribution in [-0.2, 0) is 6.42 Å². The second-order valence-corrected chi connectivity index (χ2v) is 4.51. The van der Waals surface area contributed by atoms with E-state index in [0.717, 1.165) is 23.2 Å². The van der Waals surface area contributed by atoms with E-state index in [9.17, 15) is 18.0 Å². The summed E-state index contributed by atoms with van der Waals surface area (Å²) in [5.41, 5.74) is 0.508. The Hall–Kier alpha value is -1.82. The van der Waals surface area contributed by atoms with Gasteiger partial charge in [0.25, 0.3) is 0 Å². The molecule has 1 aromatic heterocycles. The predicted octanol–water partition coefficient (Wildman–Crippen LogP) is 3.71. The summed E-state index contributed by atoms with van der Waals surface area (Å²) in [5.74, 6) is -4.27. The van der Waals surface area contributed by atoms with E-state index in [1.807, 2.05) is 6.92 Å². The van der Waals surface area contributed by atoms with E-state index in [2.05, 4.69) is 5.10 Å². The SMILES string of the molecule is CCCc1nn(-c2cc(F)c(F)c(F)c2)c(Cl)c1C=O. The number of nitrogens with zero attached hydrogens (tertiary/aromatic N) is 2. The van der Waals surface area contributed by atoms with Crippen LogP contribution < -0.4 is 0 Å². The Morgan fingerprint density at radius 3 is 2.40 bits per heavy atom. The first kappa shape index (κ1) is 14.6. The van der Waals surface area contributed by atoms with Gasteiger partial charge in [0, 0.05) is 12.1 Å². The molecule has 0 radical (unpaired) electrons. The molecule has 0 fully saturated rings. The van der Waals surface area contributed by atoms with Crippen molar-refractivity contribution < 1.29 is 18.0 Å². The second-order valence-electron chi connectivity index (χ2n) is 4.15. The fourth-order valence-corrected chi connectivity index (χ4v) is 2.11. The van der Waals surface area contributed by atoms with Gasteiger partial charge in [-0.25, -0.2) is 17.9 Å². The molecule has 0 bridgehead atoms. The molecule has 2 aromatic rings. The smallest absolute Gasteiger partial charge is 0.194 e. The number of halogens is 4. The summed E-state index contributed by atoms with van der Waals surface area (Å²) in [6, 6.07) is 1.53. The van der Waals surface area contributed by atoms with E-state index < -0.39 is 17.5 Å². The van der Waals surface area contributed by atoms with Crippen LogP contribution >= 0.6 is 11.6 Å². The summed E-state index contributed by atoms with van der Waals surface area (Å²) in [7, 11) is 0. The van der Waals surface area contributed by atoms with Crippen LogP contribution in [0.1, 0.15) is 29.4 Å². The summed E-state index contributed by atoms with van der Waals surface area (Å²) < 4.78 is 40.4. The normalized spacial score (nSPS) is 10.8. The van der Waals surface area contributed by atoms with E-state index in [4.69, 9.17) is 11.6 Å². The Morgan fingerprint density at radius 2 is 1.90 bits per heavy atom. The molecule has 0 spiro atoms. The molecule has 0 saturated heterocycles. The van der Waals surface area contributed by atoms with E-state index in [1.54, 1.807) is 0 Å². The van der Waals surface area contributed by atoms with Gasteiger partial charge >= 0.3 is 0 Å². The Balaban J connectivity index is 2.61. The number of hydrogen-bond donors (Lipinski definition) is 0. The molecule has 0 aliphatic carbocycles. The number of carbonyl (C=O) groups excluding carboxylic acids is 1. The highest BCUT2D eigenvalue weighted by atomic mass is 35.5. The second kappa shape index (κ2) is 5.66. The van der Waals surface area contributed by atoms with E-state index in [-0.39, 0.29) is 16.4 Å². The fourth-order valence-electron chi connectivity index (χ4n) is 1.83. The van der Waals surface area contributed by atoms with E-state index >= 15 is 0 Å². The zero-order chi connectivity index (χ0) is 14.9. The Morgan fingerprint density at radius 1 is 1.30 bits per heavy atom. The van der Waals surface area contributed by atoms with Gasteiger partial charge < -0.3 is 0 Å². The first-order chi connectivity index (χ1) is 9.49. The monoisotopic (exact) mass is 302 g/mol. The largest absolute Gasteiger partial charge is 0.298 e. The number of carbonyl (C=O) groups is 1. The third kappa shape index (κ3) is 2.43. The minimum atomic E-state index is -1.57. The number of aldehydes is 1. The van der Waals surface area contributed by atoms with E-state index in [1.165, 1.54) is 0 Å². The highest BCUT2D eigenvalue weighted by molar-refractivity contribution is 6.32. The van der Waals surface area contributed by atoms with Crippen molar-refractivity contribution in [3.8, 4) is 5.69 Å². The van der Waals surface area contributed by atoms with Gasteiger partial charge in [-0.1, -0.05) is 24.9 Å². The maximum atomic E-state index is 13.2. The van der Waals surface area contributed by atoms with Crippen LogP contribution in [0.3, 0.4) is 0 Å². The maximum Gasteiger partial charge on any atom is 0.194 e. The molecule has 1 heterocycles. The van der Waals surface area contributed by atoms with Gasteiger partial charge in [0.2, 0.25) is 0 Å². The zero-order valence-electron chi connectivity index (χ0n) is 10.5. The van der Waals surface area contributed by atoms with Crippen LogP contribution in [0.15, 0.2) is 12.1 Å². The van der Waals surface area contributed by atoms with Gasteiger partial charge in [0.05, 0.1) is 16.9 Å². The van der Waals surface area contributed by atoms with Gasteiger partial charge in [-0.2, -0.15) is 5.10 Å². The quantitative estimate of drug-likeness (QED) is 0.637. The van der Waals surface area contributed by atoms with Gasteiger partial charge in [-0.3, -0.25) is 4.79 Å². The highest BCUT2D eigenvalue weighted by Gasteiger charge is 2.19. The molecule has 0 atom stereocenters. The van der Waals surface area contributed by atoms with Crippen molar-refractivity contribution in [3.05, 3.63) is 46.0 Å². The Kier molecular flexibility index (Phi) is 4.13. The number of rotatable bonds is 4. The molecule has 20 heavy (non-hydrogen) atoms. The first-order valence-corrected chi connectivity index (χ1v) is 6.24. The molecule has 0 N–H and O–H groups in total. The average molecular weight is 303 g/mol. The summed E-state index contributed by atoms with van der Waals surface area (Å²) in [5, 5.41) is 3.99. The lowest BCUT2D eigenvalue weighted by atomic mass is 10.2. The topological polar surface area (TPSA) is 34.9 Å². The van der Waals surface area contributed by atoms with Crippen LogP contribution in [0.2, 0.25) is 5.15 Å². The molecule has 0 unspecified atom stereocenters. The number of hydrogen-bond acceptors (Lipinski definition) is 2. The molecule has 0 aliphatic rings. The Bertz CT molecular complexity index is 647. The molecule has 0 saturated carbocycles. The van der Waals surface area contributed by atoms with Crippen molar-refractivity contribution in [2.45, 2.75) is 19.8 Å². The summed E-state index contributed by atoms with van der Waals surface area (Å²) in [6.45, 7) is 1.89. The molecule has 0 amide bonds. The maximum absolute atomic E-state index is 13.2. The standard InChI is InChI=1S/C13H10ClF3N2O/c1-2-3-11-8(6-20)13(14)19(18-11)7-4-9(15)12(17)10(16)5-7/h4-6H,2-3H2,1H3. The van der Waals surface area contributed by atoms with E-state index in [0.29, 0.717) is 18.4 Å². The third-order valence-corrected chi connectivity index (χ3v) is 3.12. The minimum Gasteiger partial charge on any atom is -0.298 e. The molecule has 0 aliphatic heterocycles. The fraction of sp³-hybridized carbons (Fsp3) is 0.231. The number of aromatic nitrogens is 2. The predicted molar refractivity (Wildman–Crippen MR) is 67.8 cm³/mol. The summed E-state index contributed by atoms with van der Waals surface area (Å²) in [6.07, 6.45) is 1.75. The van der Waals surface area contributed by atoms with Crippen LogP contribution in [0.25, 0.3) is 5.69 Å². The highest BCUT2D eigenvalue weighted by Crippen LogP contribution is 2.25. The zero-order valence-corrected chi connectivity index (χ0v) is 11.2. The van der Waals surface area contributed by atoms with Crippen LogP contribution in [0.5, 0.6) is 0 Å². The molecule has 3 nitrogen and oxygen atoms in total. The molecule has 1 aromatic carbocycles. The van der Waals surface area contributed by atoms with Crippen LogP contribution in [0.4, 0.5) is 13.2 Å². The average Bonchev–Trinajstić information content (AvgIpc) is 2.72. The third-order valence-electron chi connectivity index (χ3n) is 2.76. The summed E-state index contributed by atoms with van der Waals surface area (Å²) in [4.78, 5) is 11.0. The van der Waals surface area contributed by atoms with Gasteiger partial charge in [-0.05, 0) is 6.42 Å². The first-order valence-electron chi connectivity index (χ1n) is 5.87. The van der Waals surface area contributed by atoms with Crippen molar-refractivity contribution in [2.24, 2.45) is 0 Å². The molecule has 7 heteroatoms. The lowest BCUT2D eigenvalue weighted by Crippen LogP contribution is -2.01. The molecule has 2 rings (SSSR count). The molecular weight excluding hydrogens is 293 g/mol. The minimum absolute atomic E-state index is 0.0612. The Labute approximate surface area is 118 Å². The van der Waals surface area contributed by atoms with Crippen molar-refractivity contribution in [3.63, 3.8) is 0 Å². The molecule has 106 valence electrons. The van der Waals surface area contributed by atoms with Crippen LogP contribution in [0, 0.1) is 17.5 Å². The molecular formula is C13H10ClF3N2O. The summed E-state index contributed by atoms with van der Waals surface area (Å²) >= 11 is 5.97. The van der Waals surface area contributed by atoms with Gasteiger partial charge in [0.1, 0.15) is 5.15 Å². The van der Waals surface area contributed by atoms with Crippen molar-refractivity contribution in [1.82, 2.24) is 9.78 Å². The van der Waals surface area contributed by atoms with Gasteiger partial charge in [-0.15, -0.1) is 0 Å². The van der Waals surface area contributed by atoms with Crippen molar-refractivity contribution in [1.29, 1.82) is 0 Å². The van der Waals surface area contributed by atoms with Gasteiger partial charge in [0.15, 0.2) is 23.7 Å². The number of aryl methyl sites for hydroxylation is 1.